The highest BCUT2D eigenvalue weighted by Crippen LogP contribution is 2.54. The van der Waals surface area contributed by atoms with Crippen molar-refractivity contribution in [3.63, 3.8) is 0 Å². The van der Waals surface area contributed by atoms with Crippen LogP contribution in [-0.4, -0.2) is 28.4 Å². The van der Waals surface area contributed by atoms with Crippen LogP contribution >= 0.6 is 0 Å². The first-order chi connectivity index (χ1) is 10.1. The standard InChI is InChI=1S/C17H19NO3/c19-16(13-7-11-6-12(11)8-13)18-5-4-14-10(9-18)2-1-3-15(14)17(20)21/h1-3,11-13H,4-9H2,(H,20,21). The first kappa shape index (κ1) is 12.9. The molecule has 1 aromatic rings. The molecule has 0 radical (unpaired) electrons. The van der Waals surface area contributed by atoms with E-state index in [-0.39, 0.29) is 11.8 Å². The van der Waals surface area contributed by atoms with Crippen LogP contribution in [0.15, 0.2) is 18.2 Å². The summed E-state index contributed by atoms with van der Waals surface area (Å²) >= 11 is 0. The van der Waals surface area contributed by atoms with E-state index in [0.717, 1.165) is 35.8 Å². The van der Waals surface area contributed by atoms with Gasteiger partial charge in [-0.05, 0) is 54.7 Å². The van der Waals surface area contributed by atoms with Crippen LogP contribution in [0, 0.1) is 17.8 Å². The summed E-state index contributed by atoms with van der Waals surface area (Å²) in [6.45, 7) is 1.23. The van der Waals surface area contributed by atoms with E-state index in [0.29, 0.717) is 25.1 Å². The number of aromatic carboxylic acids is 1. The number of carbonyl (C=O) groups is 2. The Bertz CT molecular complexity index is 614. The molecule has 4 heteroatoms. The topological polar surface area (TPSA) is 57.6 Å². The van der Waals surface area contributed by atoms with Crippen molar-refractivity contribution in [3.05, 3.63) is 34.9 Å². The van der Waals surface area contributed by atoms with Crippen LogP contribution in [0.5, 0.6) is 0 Å². The summed E-state index contributed by atoms with van der Waals surface area (Å²) in [4.78, 5) is 25.8. The van der Waals surface area contributed by atoms with Crippen LogP contribution in [0.4, 0.5) is 0 Å². The Morgan fingerprint density at radius 2 is 1.90 bits per heavy atom. The number of hydrogen-bond donors (Lipinski definition) is 1. The normalized spacial score (nSPS) is 29.7. The molecular weight excluding hydrogens is 266 g/mol. The van der Waals surface area contributed by atoms with Gasteiger partial charge in [0.2, 0.25) is 5.91 Å². The lowest BCUT2D eigenvalue weighted by Crippen LogP contribution is -2.40. The van der Waals surface area contributed by atoms with Crippen molar-refractivity contribution >= 4 is 11.9 Å². The second kappa shape index (κ2) is 4.58. The fourth-order valence-electron chi connectivity index (χ4n) is 4.17. The quantitative estimate of drug-likeness (QED) is 0.907. The van der Waals surface area contributed by atoms with Crippen molar-refractivity contribution in [1.82, 2.24) is 4.90 Å². The number of fused-ring (bicyclic) bond motifs is 2. The number of carboxylic acids is 1. The minimum atomic E-state index is -0.873. The Labute approximate surface area is 123 Å². The summed E-state index contributed by atoms with van der Waals surface area (Å²) in [5, 5.41) is 9.24. The first-order valence-electron chi connectivity index (χ1n) is 7.76. The first-order valence-corrected chi connectivity index (χ1v) is 7.76. The minimum Gasteiger partial charge on any atom is -0.478 e. The molecule has 1 aliphatic heterocycles. The SMILES string of the molecule is O=C(O)c1cccc2c1CCN(C(=O)C1CC3CC3C1)C2. The number of nitrogens with zero attached hydrogens (tertiary/aromatic N) is 1. The van der Waals surface area contributed by atoms with Gasteiger partial charge in [-0.1, -0.05) is 12.1 Å². The fraction of sp³-hybridized carbons (Fsp3) is 0.529. The molecule has 2 fully saturated rings. The summed E-state index contributed by atoms with van der Waals surface area (Å²) in [5.41, 5.74) is 2.29. The molecule has 1 N–H and O–H groups in total. The Hall–Kier alpha value is -1.84. The molecule has 3 aliphatic rings. The Kier molecular flexibility index (Phi) is 2.81. The van der Waals surface area contributed by atoms with Gasteiger partial charge in [0, 0.05) is 19.0 Å². The summed E-state index contributed by atoms with van der Waals surface area (Å²) < 4.78 is 0. The van der Waals surface area contributed by atoms with Gasteiger partial charge in [0.1, 0.15) is 0 Å². The second-order valence-electron chi connectivity index (χ2n) is 6.68. The van der Waals surface area contributed by atoms with Gasteiger partial charge in [-0.25, -0.2) is 4.79 Å². The minimum absolute atomic E-state index is 0.220. The average molecular weight is 285 g/mol. The van der Waals surface area contributed by atoms with E-state index in [1.54, 1.807) is 12.1 Å². The summed E-state index contributed by atoms with van der Waals surface area (Å²) in [5.74, 6) is 1.26. The molecule has 4 nitrogen and oxygen atoms in total. The van der Waals surface area contributed by atoms with Crippen molar-refractivity contribution in [1.29, 1.82) is 0 Å². The van der Waals surface area contributed by atoms with Gasteiger partial charge in [-0.3, -0.25) is 4.79 Å². The van der Waals surface area contributed by atoms with Crippen LogP contribution in [0.1, 0.15) is 40.7 Å². The molecule has 110 valence electrons. The lowest BCUT2D eigenvalue weighted by atomic mass is 9.93. The number of carbonyl (C=O) groups excluding carboxylic acids is 1. The lowest BCUT2D eigenvalue weighted by Gasteiger charge is -2.32. The van der Waals surface area contributed by atoms with E-state index in [9.17, 15) is 14.7 Å². The predicted octanol–water partition coefficient (Wildman–Crippen LogP) is 2.32. The highest BCUT2D eigenvalue weighted by Gasteiger charge is 2.48. The van der Waals surface area contributed by atoms with Gasteiger partial charge in [0.25, 0.3) is 0 Å². The summed E-state index contributed by atoms with van der Waals surface area (Å²) in [7, 11) is 0. The lowest BCUT2D eigenvalue weighted by molar-refractivity contribution is -0.136. The van der Waals surface area contributed by atoms with Crippen LogP contribution < -0.4 is 0 Å². The van der Waals surface area contributed by atoms with Gasteiger partial charge < -0.3 is 10.0 Å². The van der Waals surface area contributed by atoms with E-state index in [1.807, 2.05) is 11.0 Å². The zero-order chi connectivity index (χ0) is 14.6. The number of benzene rings is 1. The molecular formula is C17H19NO3. The third-order valence-corrected chi connectivity index (χ3v) is 5.40. The summed E-state index contributed by atoms with van der Waals surface area (Å²) in [6, 6.07) is 5.39. The van der Waals surface area contributed by atoms with E-state index >= 15 is 0 Å². The third-order valence-electron chi connectivity index (χ3n) is 5.40. The van der Waals surface area contributed by atoms with Crippen molar-refractivity contribution in [2.24, 2.45) is 17.8 Å². The molecule has 1 aromatic carbocycles. The van der Waals surface area contributed by atoms with Crippen molar-refractivity contribution in [3.8, 4) is 0 Å². The Balaban J connectivity index is 1.52. The highest BCUT2D eigenvalue weighted by atomic mass is 16.4. The zero-order valence-corrected chi connectivity index (χ0v) is 11.9. The molecule has 0 aromatic heterocycles. The smallest absolute Gasteiger partial charge is 0.335 e. The van der Waals surface area contributed by atoms with E-state index < -0.39 is 5.97 Å². The number of hydrogen-bond acceptors (Lipinski definition) is 2. The number of carboxylic acid groups (broad SMARTS) is 1. The van der Waals surface area contributed by atoms with Crippen molar-refractivity contribution < 1.29 is 14.7 Å². The number of rotatable bonds is 2. The Morgan fingerprint density at radius 1 is 1.14 bits per heavy atom. The highest BCUT2D eigenvalue weighted by molar-refractivity contribution is 5.90. The predicted molar refractivity (Wildman–Crippen MR) is 76.8 cm³/mol. The molecule has 2 unspecified atom stereocenters. The largest absolute Gasteiger partial charge is 0.478 e. The van der Waals surface area contributed by atoms with E-state index in [1.165, 1.54) is 6.42 Å². The second-order valence-corrected chi connectivity index (χ2v) is 6.68. The third kappa shape index (κ3) is 2.13. The van der Waals surface area contributed by atoms with E-state index in [2.05, 4.69) is 0 Å². The molecule has 21 heavy (non-hydrogen) atoms. The molecule has 0 saturated heterocycles. The van der Waals surface area contributed by atoms with Crippen LogP contribution in [0.3, 0.4) is 0 Å². The molecule has 0 spiro atoms. The maximum Gasteiger partial charge on any atom is 0.335 e. The molecule has 2 aliphatic carbocycles. The van der Waals surface area contributed by atoms with Gasteiger partial charge in [-0.15, -0.1) is 0 Å². The number of amides is 1. The fourth-order valence-corrected chi connectivity index (χ4v) is 4.17. The molecule has 1 amide bonds. The maximum atomic E-state index is 12.6. The van der Waals surface area contributed by atoms with Crippen molar-refractivity contribution in [2.75, 3.05) is 6.54 Å². The van der Waals surface area contributed by atoms with Gasteiger partial charge in [-0.2, -0.15) is 0 Å². The van der Waals surface area contributed by atoms with Crippen LogP contribution in [-0.2, 0) is 17.8 Å². The van der Waals surface area contributed by atoms with Crippen LogP contribution in [0.25, 0.3) is 0 Å². The summed E-state index contributed by atoms with van der Waals surface area (Å²) in [6.07, 6.45) is 4.13. The Morgan fingerprint density at radius 3 is 2.62 bits per heavy atom. The van der Waals surface area contributed by atoms with Crippen molar-refractivity contribution in [2.45, 2.75) is 32.2 Å². The van der Waals surface area contributed by atoms with Gasteiger partial charge in [0.05, 0.1) is 5.56 Å². The molecule has 4 rings (SSSR count). The molecule has 0 bridgehead atoms. The van der Waals surface area contributed by atoms with Gasteiger partial charge in [0.15, 0.2) is 0 Å². The zero-order valence-electron chi connectivity index (χ0n) is 11.9. The average Bonchev–Trinajstić information content (AvgIpc) is 3.11. The molecule has 1 heterocycles. The maximum absolute atomic E-state index is 12.6. The molecule has 2 atom stereocenters. The van der Waals surface area contributed by atoms with Gasteiger partial charge >= 0.3 is 5.97 Å². The monoisotopic (exact) mass is 285 g/mol. The van der Waals surface area contributed by atoms with Crippen LogP contribution in [0.2, 0.25) is 0 Å². The van der Waals surface area contributed by atoms with E-state index in [4.69, 9.17) is 0 Å². The molecule has 2 saturated carbocycles.